The molecule has 0 spiro atoms. The predicted octanol–water partition coefficient (Wildman–Crippen LogP) is 4.78. The van der Waals surface area contributed by atoms with Crippen LogP contribution < -0.4 is 0 Å². The highest BCUT2D eigenvalue weighted by atomic mass is 16.5. The van der Waals surface area contributed by atoms with Gasteiger partial charge in [0.05, 0.1) is 6.61 Å². The van der Waals surface area contributed by atoms with Crippen LogP contribution >= 0.6 is 0 Å². The summed E-state index contributed by atoms with van der Waals surface area (Å²) in [7, 11) is 0. The van der Waals surface area contributed by atoms with Gasteiger partial charge in [-0.25, -0.2) is 0 Å². The molecule has 2 heteroatoms. The molecule has 0 saturated carbocycles. The number of esters is 1. The molecule has 0 aromatic rings. The zero-order valence-electron chi connectivity index (χ0n) is 11.7. The third-order valence-electron chi connectivity index (χ3n) is 3.45. The van der Waals surface area contributed by atoms with E-state index in [4.69, 9.17) is 4.74 Å². The third kappa shape index (κ3) is 9.26. The Kier molecular flexibility index (Phi) is 9.59. The first-order valence-corrected chi connectivity index (χ1v) is 7.70. The van der Waals surface area contributed by atoms with E-state index in [9.17, 15) is 4.79 Å². The second kappa shape index (κ2) is 11.3. The largest absolute Gasteiger partial charge is 0.466 e. The monoisotopic (exact) mass is 252 g/mol. The van der Waals surface area contributed by atoms with Crippen molar-refractivity contribution in [2.24, 2.45) is 0 Å². The van der Waals surface area contributed by atoms with E-state index in [1.165, 1.54) is 51.4 Å². The van der Waals surface area contributed by atoms with Gasteiger partial charge in [0.1, 0.15) is 0 Å². The maximum Gasteiger partial charge on any atom is 0.305 e. The van der Waals surface area contributed by atoms with E-state index >= 15 is 0 Å². The van der Waals surface area contributed by atoms with E-state index in [0.29, 0.717) is 13.0 Å². The van der Waals surface area contributed by atoms with Crippen molar-refractivity contribution in [1.29, 1.82) is 0 Å². The van der Waals surface area contributed by atoms with Gasteiger partial charge in [-0.2, -0.15) is 0 Å². The lowest BCUT2D eigenvalue weighted by atomic mass is 10.1. The number of ether oxygens (including phenoxy) is 1. The van der Waals surface area contributed by atoms with Crippen LogP contribution in [-0.2, 0) is 9.53 Å². The first-order chi connectivity index (χ1) is 8.89. The minimum absolute atomic E-state index is 0.0108. The molecule has 0 aromatic carbocycles. The van der Waals surface area contributed by atoms with Gasteiger partial charge in [-0.1, -0.05) is 50.7 Å². The van der Waals surface area contributed by atoms with Crippen LogP contribution in [0.5, 0.6) is 0 Å². The molecule has 0 atom stereocenters. The van der Waals surface area contributed by atoms with Crippen molar-refractivity contribution >= 4 is 5.97 Å². The highest BCUT2D eigenvalue weighted by Gasteiger charge is 2.02. The van der Waals surface area contributed by atoms with E-state index in [2.05, 4.69) is 12.2 Å². The molecule has 1 heterocycles. The fourth-order valence-electron chi connectivity index (χ4n) is 2.29. The quantitative estimate of drug-likeness (QED) is 0.458. The fraction of sp³-hybridized carbons (Fsp3) is 0.812. The van der Waals surface area contributed by atoms with Gasteiger partial charge in [0.25, 0.3) is 0 Å². The van der Waals surface area contributed by atoms with Crippen molar-refractivity contribution in [1.82, 2.24) is 0 Å². The summed E-state index contributed by atoms with van der Waals surface area (Å²) in [5.74, 6) is -0.0108. The minimum Gasteiger partial charge on any atom is -0.466 e. The smallest absolute Gasteiger partial charge is 0.305 e. The van der Waals surface area contributed by atoms with Crippen LogP contribution in [0.25, 0.3) is 0 Å². The van der Waals surface area contributed by atoms with E-state index in [1.807, 2.05) is 0 Å². The SMILES string of the molecule is O=C1CCCCCCCCCC/C=C\CCCO1. The zero-order chi connectivity index (χ0) is 12.9. The molecule has 1 aliphatic rings. The normalized spacial score (nSPS) is 23.9. The van der Waals surface area contributed by atoms with Crippen molar-refractivity contribution in [3.8, 4) is 0 Å². The Hall–Kier alpha value is -0.790. The topological polar surface area (TPSA) is 26.3 Å². The van der Waals surface area contributed by atoms with E-state index < -0.39 is 0 Å². The van der Waals surface area contributed by atoms with E-state index in [-0.39, 0.29) is 5.97 Å². The summed E-state index contributed by atoms with van der Waals surface area (Å²) in [6, 6.07) is 0. The fourth-order valence-corrected chi connectivity index (χ4v) is 2.29. The summed E-state index contributed by atoms with van der Waals surface area (Å²) in [4.78, 5) is 11.4. The highest BCUT2D eigenvalue weighted by Crippen LogP contribution is 2.11. The molecule has 0 unspecified atom stereocenters. The van der Waals surface area contributed by atoms with Gasteiger partial charge < -0.3 is 4.74 Å². The zero-order valence-corrected chi connectivity index (χ0v) is 11.7. The van der Waals surface area contributed by atoms with E-state index in [1.54, 1.807) is 0 Å². The summed E-state index contributed by atoms with van der Waals surface area (Å²) >= 11 is 0. The van der Waals surface area contributed by atoms with Gasteiger partial charge in [-0.05, 0) is 32.1 Å². The maximum atomic E-state index is 11.4. The number of carbonyl (C=O) groups is 1. The molecule has 1 rings (SSSR count). The molecule has 0 saturated heterocycles. The van der Waals surface area contributed by atoms with Crippen LogP contribution in [0.15, 0.2) is 12.2 Å². The molecule has 0 radical (unpaired) electrons. The summed E-state index contributed by atoms with van der Waals surface area (Å²) in [6.45, 7) is 0.586. The Morgan fingerprint density at radius 1 is 0.722 bits per heavy atom. The number of hydrogen-bond acceptors (Lipinski definition) is 2. The van der Waals surface area contributed by atoms with Crippen LogP contribution in [0, 0.1) is 0 Å². The van der Waals surface area contributed by atoms with Crippen molar-refractivity contribution in [2.45, 2.75) is 77.0 Å². The summed E-state index contributed by atoms with van der Waals surface area (Å²) < 4.78 is 5.19. The Morgan fingerprint density at radius 2 is 1.28 bits per heavy atom. The van der Waals surface area contributed by atoms with Gasteiger partial charge in [-0.3, -0.25) is 4.79 Å². The summed E-state index contributed by atoms with van der Waals surface area (Å²) in [5.41, 5.74) is 0. The van der Waals surface area contributed by atoms with Crippen LogP contribution in [-0.4, -0.2) is 12.6 Å². The summed E-state index contributed by atoms with van der Waals surface area (Å²) in [6.07, 6.45) is 18.5. The predicted molar refractivity (Wildman–Crippen MR) is 75.5 cm³/mol. The van der Waals surface area contributed by atoms with Crippen LogP contribution in [0.2, 0.25) is 0 Å². The lowest BCUT2D eigenvalue weighted by Crippen LogP contribution is -2.05. The van der Waals surface area contributed by atoms with Crippen LogP contribution in [0.1, 0.15) is 77.0 Å². The Balaban J connectivity index is 2.17. The Labute approximate surface area is 112 Å². The Bertz CT molecular complexity index is 233. The maximum absolute atomic E-state index is 11.4. The average molecular weight is 252 g/mol. The minimum atomic E-state index is -0.0108. The molecular weight excluding hydrogens is 224 g/mol. The lowest BCUT2D eigenvalue weighted by Gasteiger charge is -2.03. The number of carbonyl (C=O) groups excluding carboxylic acids is 1. The standard InChI is InChI=1S/C16H28O2/c17-16-14-12-10-8-6-4-2-1-3-5-7-9-11-13-15-18-16/h7,9H,1-6,8,10-15H2/b9-7-. The van der Waals surface area contributed by atoms with Gasteiger partial charge in [0.15, 0.2) is 0 Å². The van der Waals surface area contributed by atoms with Gasteiger partial charge in [-0.15, -0.1) is 0 Å². The van der Waals surface area contributed by atoms with Crippen molar-refractivity contribution in [2.75, 3.05) is 6.61 Å². The van der Waals surface area contributed by atoms with Gasteiger partial charge in [0.2, 0.25) is 0 Å². The molecule has 1 aliphatic heterocycles. The second-order valence-electron chi connectivity index (χ2n) is 5.20. The molecule has 0 aliphatic carbocycles. The lowest BCUT2D eigenvalue weighted by molar-refractivity contribution is -0.143. The molecule has 0 bridgehead atoms. The number of allylic oxidation sites excluding steroid dienone is 2. The average Bonchev–Trinajstić information content (AvgIpc) is 2.37. The van der Waals surface area contributed by atoms with Crippen molar-refractivity contribution in [3.63, 3.8) is 0 Å². The number of hydrogen-bond donors (Lipinski definition) is 0. The molecule has 0 aromatic heterocycles. The third-order valence-corrected chi connectivity index (χ3v) is 3.45. The van der Waals surface area contributed by atoms with E-state index in [0.717, 1.165) is 19.3 Å². The Morgan fingerprint density at radius 3 is 2.00 bits per heavy atom. The molecule has 0 fully saturated rings. The molecule has 18 heavy (non-hydrogen) atoms. The molecular formula is C16H28O2. The molecule has 0 N–H and O–H groups in total. The first kappa shape index (κ1) is 15.3. The van der Waals surface area contributed by atoms with Crippen LogP contribution in [0.4, 0.5) is 0 Å². The van der Waals surface area contributed by atoms with Crippen molar-refractivity contribution < 1.29 is 9.53 Å². The van der Waals surface area contributed by atoms with Crippen molar-refractivity contribution in [3.05, 3.63) is 12.2 Å². The highest BCUT2D eigenvalue weighted by molar-refractivity contribution is 5.69. The first-order valence-electron chi connectivity index (χ1n) is 7.70. The molecule has 104 valence electrons. The number of rotatable bonds is 0. The molecule has 0 amide bonds. The second-order valence-corrected chi connectivity index (χ2v) is 5.20. The molecule has 2 nitrogen and oxygen atoms in total. The van der Waals surface area contributed by atoms with Gasteiger partial charge >= 0.3 is 5.97 Å². The van der Waals surface area contributed by atoms with Gasteiger partial charge in [0, 0.05) is 6.42 Å². The summed E-state index contributed by atoms with van der Waals surface area (Å²) in [5, 5.41) is 0. The number of cyclic esters (lactones) is 1. The van der Waals surface area contributed by atoms with Crippen LogP contribution in [0.3, 0.4) is 0 Å².